The molecule has 7 nitrogen and oxygen atoms in total. The van der Waals surface area contributed by atoms with Crippen LogP contribution >= 0.6 is 0 Å². The zero-order valence-corrected chi connectivity index (χ0v) is 17.5. The fourth-order valence-electron chi connectivity index (χ4n) is 3.58. The molecule has 0 aliphatic carbocycles. The average molecular weight is 445 g/mol. The normalized spacial score (nSPS) is 13.2. The maximum atomic E-state index is 14.0. The molecule has 1 aromatic heterocycles. The molecule has 5 rings (SSSR count). The number of halogens is 1. The summed E-state index contributed by atoms with van der Waals surface area (Å²) in [5, 5.41) is 3.92. The Morgan fingerprint density at radius 2 is 1.82 bits per heavy atom. The average Bonchev–Trinajstić information content (AvgIpc) is 2.84. The standard InChI is InChI=1S/C25H20FN3O4/c26-16-6-7-17-20(28-18-3-1-2-4-19(18)29-25(30)14-27)13-22(33-23(17)12-16)15-5-8-21-24(11-15)32-10-9-31-21/h1-8,11-13H,9-10,14,27H2,(H,29,30). The molecule has 1 aliphatic heterocycles. The summed E-state index contributed by atoms with van der Waals surface area (Å²) in [6.45, 7) is 0.812. The number of hydrogen-bond donors (Lipinski definition) is 2. The van der Waals surface area contributed by atoms with Crippen LogP contribution in [0.5, 0.6) is 11.5 Å². The SMILES string of the molecule is NCC(=O)Nc1ccccc1N=c1cc(-c2ccc3c(c2)OCCO3)oc2cc(F)ccc12. The van der Waals surface area contributed by atoms with Crippen molar-refractivity contribution in [3.05, 3.63) is 77.9 Å². The monoisotopic (exact) mass is 445 g/mol. The number of amides is 1. The van der Waals surface area contributed by atoms with Gasteiger partial charge >= 0.3 is 0 Å². The van der Waals surface area contributed by atoms with Gasteiger partial charge in [-0.2, -0.15) is 0 Å². The molecule has 0 spiro atoms. The first kappa shape index (κ1) is 20.7. The molecule has 0 fully saturated rings. The number of nitrogens with zero attached hydrogens (tertiary/aromatic N) is 1. The molecule has 4 aromatic rings. The predicted octanol–water partition coefficient (Wildman–Crippen LogP) is 4.14. The highest BCUT2D eigenvalue weighted by molar-refractivity contribution is 5.94. The maximum Gasteiger partial charge on any atom is 0.238 e. The molecule has 3 aromatic carbocycles. The fourth-order valence-corrected chi connectivity index (χ4v) is 3.58. The molecular weight excluding hydrogens is 425 g/mol. The lowest BCUT2D eigenvalue weighted by Crippen LogP contribution is -2.21. The number of carbonyl (C=O) groups is 1. The van der Waals surface area contributed by atoms with Gasteiger partial charge in [0, 0.05) is 23.1 Å². The third kappa shape index (κ3) is 4.28. The van der Waals surface area contributed by atoms with E-state index < -0.39 is 5.82 Å². The Morgan fingerprint density at radius 1 is 1.00 bits per heavy atom. The molecule has 3 N–H and O–H groups in total. The van der Waals surface area contributed by atoms with Gasteiger partial charge in [-0.15, -0.1) is 0 Å². The number of carbonyl (C=O) groups excluding carboxylic acids is 1. The van der Waals surface area contributed by atoms with E-state index in [1.165, 1.54) is 12.1 Å². The number of anilines is 1. The molecule has 8 heteroatoms. The van der Waals surface area contributed by atoms with Crippen molar-refractivity contribution in [1.82, 2.24) is 0 Å². The zero-order chi connectivity index (χ0) is 22.8. The van der Waals surface area contributed by atoms with Crippen LogP contribution in [0, 0.1) is 5.82 Å². The van der Waals surface area contributed by atoms with Crippen molar-refractivity contribution in [2.45, 2.75) is 0 Å². The number of fused-ring (bicyclic) bond motifs is 2. The third-order valence-electron chi connectivity index (χ3n) is 5.14. The van der Waals surface area contributed by atoms with E-state index in [4.69, 9.17) is 24.6 Å². The van der Waals surface area contributed by atoms with Crippen LogP contribution in [-0.4, -0.2) is 25.7 Å². The van der Waals surface area contributed by atoms with Crippen LogP contribution in [0.25, 0.3) is 22.3 Å². The molecular formula is C25H20FN3O4. The Kier molecular flexibility index (Phi) is 5.50. The number of para-hydroxylation sites is 2. The summed E-state index contributed by atoms with van der Waals surface area (Å²) in [7, 11) is 0. The van der Waals surface area contributed by atoms with Crippen molar-refractivity contribution < 1.29 is 23.1 Å². The third-order valence-corrected chi connectivity index (χ3v) is 5.14. The van der Waals surface area contributed by atoms with Crippen molar-refractivity contribution in [3.8, 4) is 22.8 Å². The highest BCUT2D eigenvalue weighted by Gasteiger charge is 2.15. The first-order chi connectivity index (χ1) is 16.1. The van der Waals surface area contributed by atoms with Crippen molar-refractivity contribution in [3.63, 3.8) is 0 Å². The van der Waals surface area contributed by atoms with Crippen LogP contribution < -0.4 is 25.9 Å². The number of hydrogen-bond acceptors (Lipinski definition) is 6. The number of nitrogens with two attached hydrogens (primary N) is 1. The first-order valence-corrected chi connectivity index (χ1v) is 10.4. The second-order valence-electron chi connectivity index (χ2n) is 7.38. The van der Waals surface area contributed by atoms with Gasteiger partial charge < -0.3 is 24.9 Å². The van der Waals surface area contributed by atoms with E-state index in [0.717, 1.165) is 5.56 Å². The van der Waals surface area contributed by atoms with Crippen molar-refractivity contribution in [1.29, 1.82) is 0 Å². The summed E-state index contributed by atoms with van der Waals surface area (Å²) in [6.07, 6.45) is 0. The molecule has 166 valence electrons. The molecule has 1 aliphatic rings. The Morgan fingerprint density at radius 3 is 2.67 bits per heavy atom. The van der Waals surface area contributed by atoms with E-state index >= 15 is 0 Å². The quantitative estimate of drug-likeness (QED) is 0.492. The van der Waals surface area contributed by atoms with Gasteiger partial charge in [-0.25, -0.2) is 9.38 Å². The topological polar surface area (TPSA) is 99.1 Å². The summed E-state index contributed by atoms with van der Waals surface area (Å²) in [5.74, 6) is 0.997. The minimum atomic E-state index is -0.424. The molecule has 33 heavy (non-hydrogen) atoms. The Hall–Kier alpha value is -4.17. The number of nitrogens with one attached hydrogen (secondary N) is 1. The van der Waals surface area contributed by atoms with Crippen LogP contribution in [0.1, 0.15) is 0 Å². The summed E-state index contributed by atoms with van der Waals surface area (Å²) in [5.41, 5.74) is 7.55. The highest BCUT2D eigenvalue weighted by atomic mass is 19.1. The highest BCUT2D eigenvalue weighted by Crippen LogP contribution is 2.35. The molecule has 1 amide bonds. The molecule has 0 unspecified atom stereocenters. The van der Waals surface area contributed by atoms with Crippen LogP contribution in [0.15, 0.2) is 76.1 Å². The second-order valence-corrected chi connectivity index (χ2v) is 7.38. The smallest absolute Gasteiger partial charge is 0.238 e. The van der Waals surface area contributed by atoms with Gasteiger partial charge in [-0.05, 0) is 42.5 Å². The van der Waals surface area contributed by atoms with Gasteiger partial charge in [0.05, 0.1) is 23.3 Å². The van der Waals surface area contributed by atoms with Gasteiger partial charge in [-0.3, -0.25) is 4.79 Å². The summed E-state index contributed by atoms with van der Waals surface area (Å²) < 4.78 is 31.3. The van der Waals surface area contributed by atoms with Gasteiger partial charge in [-0.1, -0.05) is 12.1 Å². The summed E-state index contributed by atoms with van der Waals surface area (Å²) in [4.78, 5) is 16.6. The van der Waals surface area contributed by atoms with Gasteiger partial charge in [0.2, 0.25) is 5.91 Å². The second kappa shape index (κ2) is 8.76. The lowest BCUT2D eigenvalue weighted by molar-refractivity contribution is -0.114. The Balaban J connectivity index is 1.69. The maximum absolute atomic E-state index is 14.0. The molecule has 0 saturated carbocycles. The van der Waals surface area contributed by atoms with Crippen LogP contribution in [0.3, 0.4) is 0 Å². The largest absolute Gasteiger partial charge is 0.486 e. The number of ether oxygens (including phenoxy) is 2. The number of benzene rings is 3. The predicted molar refractivity (Wildman–Crippen MR) is 122 cm³/mol. The van der Waals surface area contributed by atoms with E-state index in [2.05, 4.69) is 5.32 Å². The fraction of sp³-hybridized carbons (Fsp3) is 0.120. The molecule has 0 bridgehead atoms. The molecule has 0 radical (unpaired) electrons. The van der Waals surface area contributed by atoms with Gasteiger partial charge in [0.25, 0.3) is 0 Å². The van der Waals surface area contributed by atoms with E-state index in [-0.39, 0.29) is 12.5 Å². The van der Waals surface area contributed by atoms with Crippen LogP contribution in [0.4, 0.5) is 15.8 Å². The van der Waals surface area contributed by atoms with Crippen LogP contribution in [-0.2, 0) is 4.79 Å². The van der Waals surface area contributed by atoms with E-state index in [1.54, 1.807) is 30.3 Å². The summed E-state index contributed by atoms with van der Waals surface area (Å²) in [6, 6.07) is 18.6. The van der Waals surface area contributed by atoms with Crippen molar-refractivity contribution in [2.24, 2.45) is 10.7 Å². The van der Waals surface area contributed by atoms with Gasteiger partial charge in [0.15, 0.2) is 11.5 Å². The van der Waals surface area contributed by atoms with E-state index in [1.807, 2.05) is 24.3 Å². The summed E-state index contributed by atoms with van der Waals surface area (Å²) >= 11 is 0. The Bertz CT molecular complexity index is 1430. The van der Waals surface area contributed by atoms with E-state index in [9.17, 15) is 9.18 Å². The minimum Gasteiger partial charge on any atom is -0.486 e. The van der Waals surface area contributed by atoms with E-state index in [0.29, 0.717) is 58.2 Å². The molecule has 0 atom stereocenters. The molecule has 0 saturated heterocycles. The van der Waals surface area contributed by atoms with Gasteiger partial charge in [0.1, 0.15) is 30.4 Å². The Labute approximate surface area is 188 Å². The van der Waals surface area contributed by atoms with Crippen molar-refractivity contribution in [2.75, 3.05) is 25.1 Å². The lowest BCUT2D eigenvalue weighted by atomic mass is 10.1. The van der Waals surface area contributed by atoms with Crippen molar-refractivity contribution >= 4 is 28.3 Å². The molecule has 2 heterocycles. The minimum absolute atomic E-state index is 0.144. The zero-order valence-electron chi connectivity index (χ0n) is 17.5. The first-order valence-electron chi connectivity index (χ1n) is 10.4. The lowest BCUT2D eigenvalue weighted by Gasteiger charge is -2.18. The van der Waals surface area contributed by atoms with Crippen LogP contribution in [0.2, 0.25) is 0 Å². The number of rotatable bonds is 4.